The first-order valence-electron chi connectivity index (χ1n) is 6.67. The summed E-state index contributed by atoms with van der Waals surface area (Å²) in [5, 5.41) is 17.7. The molecule has 2 aromatic rings. The molecule has 5 nitrogen and oxygen atoms in total. The Kier molecular flexibility index (Phi) is 5.03. The van der Waals surface area contributed by atoms with E-state index in [9.17, 15) is 9.90 Å². The molecule has 0 aliphatic heterocycles. The van der Waals surface area contributed by atoms with E-state index in [1.54, 1.807) is 36.7 Å². The summed E-state index contributed by atoms with van der Waals surface area (Å²) in [6.07, 6.45) is 3.22. The van der Waals surface area contributed by atoms with Gasteiger partial charge in [0.1, 0.15) is 11.5 Å². The normalized spacial score (nSPS) is 11.2. The minimum atomic E-state index is 0.304. The molecule has 2 rings (SSSR count). The van der Waals surface area contributed by atoms with E-state index < -0.39 is 0 Å². The molecule has 0 bridgehead atoms. The molecule has 22 heavy (non-hydrogen) atoms. The van der Waals surface area contributed by atoms with Gasteiger partial charge in [-0.15, -0.1) is 0 Å². The van der Waals surface area contributed by atoms with Crippen LogP contribution in [0.4, 0.5) is 0 Å². The van der Waals surface area contributed by atoms with Crippen LogP contribution in [0.1, 0.15) is 22.3 Å². The summed E-state index contributed by atoms with van der Waals surface area (Å²) in [4.78, 5) is 10.2. The Balaban J connectivity index is 2.04. The second-order valence-corrected chi connectivity index (χ2v) is 4.78. The van der Waals surface area contributed by atoms with E-state index in [-0.39, 0.29) is 0 Å². The molecular formula is C17H16N2O3. The third kappa shape index (κ3) is 4.02. The molecule has 0 atom stereocenters. The molecule has 1 N–H and O–H groups in total. The van der Waals surface area contributed by atoms with Crippen LogP contribution in [0.15, 0.2) is 46.6 Å². The van der Waals surface area contributed by atoms with Crippen LogP contribution < -0.4 is 4.74 Å². The summed E-state index contributed by atoms with van der Waals surface area (Å²) in [5.74, 6) is 0.781. The Hall–Kier alpha value is -2.95. The van der Waals surface area contributed by atoms with Crippen molar-refractivity contribution < 1.29 is 14.6 Å². The smallest absolute Gasteiger partial charge is 0.298 e. The average Bonchev–Trinajstić information content (AvgIpc) is 2.51. The van der Waals surface area contributed by atoms with Crippen molar-refractivity contribution >= 4 is 18.9 Å². The standard InChI is InChI=1S/C17H16N2O3/c1-12-7-15(8-13(2)17(12)21)10-19-18-9-14-3-5-16(6-4-14)22-11-20/h3-11,21H,1-2H3. The van der Waals surface area contributed by atoms with Crippen LogP contribution in [0.2, 0.25) is 0 Å². The summed E-state index contributed by atoms with van der Waals surface area (Å²) in [6.45, 7) is 4.06. The number of aromatic hydroxyl groups is 1. The molecule has 0 aromatic heterocycles. The molecule has 5 heteroatoms. The van der Waals surface area contributed by atoms with Crippen LogP contribution >= 0.6 is 0 Å². The average molecular weight is 296 g/mol. The summed E-state index contributed by atoms with van der Waals surface area (Å²) in [5.41, 5.74) is 3.32. The molecule has 2 aromatic carbocycles. The zero-order valence-corrected chi connectivity index (χ0v) is 12.4. The lowest BCUT2D eigenvalue weighted by molar-refractivity contribution is -0.120. The SMILES string of the molecule is Cc1cc(C=NN=Cc2ccc(OC=O)cc2)cc(C)c1O. The second-order valence-electron chi connectivity index (χ2n) is 4.78. The van der Waals surface area contributed by atoms with E-state index >= 15 is 0 Å². The van der Waals surface area contributed by atoms with Gasteiger partial charge in [-0.05, 0) is 72.5 Å². The maximum absolute atomic E-state index is 10.2. The minimum absolute atomic E-state index is 0.304. The van der Waals surface area contributed by atoms with Crippen LogP contribution in [0.5, 0.6) is 11.5 Å². The lowest BCUT2D eigenvalue weighted by Crippen LogP contribution is -1.89. The highest BCUT2D eigenvalue weighted by Gasteiger charge is 2.01. The summed E-state index contributed by atoms with van der Waals surface area (Å²) < 4.78 is 4.70. The fourth-order valence-electron chi connectivity index (χ4n) is 1.95. The highest BCUT2D eigenvalue weighted by molar-refractivity contribution is 5.83. The number of rotatable bonds is 5. The molecule has 0 aliphatic rings. The van der Waals surface area contributed by atoms with Crippen molar-refractivity contribution in [3.8, 4) is 11.5 Å². The van der Waals surface area contributed by atoms with Crippen LogP contribution in [-0.4, -0.2) is 24.0 Å². The molecule has 0 aliphatic carbocycles. The molecule has 112 valence electrons. The topological polar surface area (TPSA) is 71.2 Å². The lowest BCUT2D eigenvalue weighted by atomic mass is 10.1. The van der Waals surface area contributed by atoms with Crippen molar-refractivity contribution in [2.24, 2.45) is 10.2 Å². The molecule has 0 radical (unpaired) electrons. The van der Waals surface area contributed by atoms with Crippen LogP contribution in [0.25, 0.3) is 0 Å². The van der Waals surface area contributed by atoms with E-state index in [1.807, 2.05) is 26.0 Å². The molecule has 0 unspecified atom stereocenters. The lowest BCUT2D eigenvalue weighted by Gasteiger charge is -2.03. The zero-order chi connectivity index (χ0) is 15.9. The molecule has 0 saturated carbocycles. The number of ether oxygens (including phenoxy) is 1. The van der Waals surface area contributed by atoms with Crippen molar-refractivity contribution in [1.29, 1.82) is 0 Å². The van der Waals surface area contributed by atoms with Gasteiger partial charge in [-0.2, -0.15) is 10.2 Å². The highest BCUT2D eigenvalue weighted by Crippen LogP contribution is 2.22. The van der Waals surface area contributed by atoms with Gasteiger partial charge >= 0.3 is 0 Å². The molecule has 0 saturated heterocycles. The Bertz CT molecular complexity index is 696. The second kappa shape index (κ2) is 7.17. The predicted octanol–water partition coefficient (Wildman–Crippen LogP) is 3.00. The first-order valence-corrected chi connectivity index (χ1v) is 6.67. The first kappa shape index (κ1) is 15.4. The first-order chi connectivity index (χ1) is 10.6. The van der Waals surface area contributed by atoms with Crippen molar-refractivity contribution in [2.45, 2.75) is 13.8 Å². The molecule has 0 spiro atoms. The van der Waals surface area contributed by atoms with Crippen LogP contribution in [0, 0.1) is 13.8 Å². The maximum Gasteiger partial charge on any atom is 0.298 e. The number of phenolic OH excluding ortho intramolecular Hbond substituents is 1. The number of carbonyl (C=O) groups excluding carboxylic acids is 1. The Morgan fingerprint density at radius 3 is 2.05 bits per heavy atom. The zero-order valence-electron chi connectivity index (χ0n) is 12.4. The van der Waals surface area contributed by atoms with E-state index in [0.29, 0.717) is 18.0 Å². The van der Waals surface area contributed by atoms with Crippen molar-refractivity contribution in [3.63, 3.8) is 0 Å². The Labute approximate surface area is 128 Å². The summed E-state index contributed by atoms with van der Waals surface area (Å²) in [6, 6.07) is 10.6. The third-order valence-electron chi connectivity index (χ3n) is 3.06. The number of benzene rings is 2. The number of nitrogens with zero attached hydrogens (tertiary/aromatic N) is 2. The van der Waals surface area contributed by atoms with E-state index in [1.165, 1.54) is 0 Å². The molecule has 0 amide bonds. The monoisotopic (exact) mass is 296 g/mol. The van der Waals surface area contributed by atoms with Gasteiger partial charge in [0.15, 0.2) is 0 Å². The predicted molar refractivity (Wildman–Crippen MR) is 85.9 cm³/mol. The van der Waals surface area contributed by atoms with Gasteiger partial charge in [0.2, 0.25) is 0 Å². The van der Waals surface area contributed by atoms with Crippen LogP contribution in [-0.2, 0) is 4.79 Å². The Morgan fingerprint density at radius 1 is 0.955 bits per heavy atom. The number of phenols is 1. The highest BCUT2D eigenvalue weighted by atomic mass is 16.5. The van der Waals surface area contributed by atoms with Crippen LogP contribution in [0.3, 0.4) is 0 Å². The van der Waals surface area contributed by atoms with Gasteiger partial charge < -0.3 is 9.84 Å². The summed E-state index contributed by atoms with van der Waals surface area (Å²) >= 11 is 0. The molecular weight excluding hydrogens is 280 g/mol. The number of carbonyl (C=O) groups is 1. The number of aryl methyl sites for hydroxylation is 2. The largest absolute Gasteiger partial charge is 0.507 e. The number of hydrogen-bond acceptors (Lipinski definition) is 5. The molecule has 0 fully saturated rings. The summed E-state index contributed by atoms with van der Waals surface area (Å²) in [7, 11) is 0. The van der Waals surface area contributed by atoms with Gasteiger partial charge in [-0.3, -0.25) is 4.79 Å². The third-order valence-corrected chi connectivity index (χ3v) is 3.06. The van der Waals surface area contributed by atoms with Gasteiger partial charge in [0.05, 0.1) is 12.4 Å². The maximum atomic E-state index is 10.2. The van der Waals surface area contributed by atoms with Crippen molar-refractivity contribution in [1.82, 2.24) is 0 Å². The Morgan fingerprint density at radius 2 is 1.50 bits per heavy atom. The fourth-order valence-corrected chi connectivity index (χ4v) is 1.95. The van der Waals surface area contributed by atoms with E-state index in [4.69, 9.17) is 4.74 Å². The van der Waals surface area contributed by atoms with Gasteiger partial charge in [0, 0.05) is 0 Å². The number of hydrogen-bond donors (Lipinski definition) is 1. The molecule has 0 heterocycles. The van der Waals surface area contributed by atoms with Crippen molar-refractivity contribution in [2.75, 3.05) is 0 Å². The van der Waals surface area contributed by atoms with E-state index in [2.05, 4.69) is 10.2 Å². The minimum Gasteiger partial charge on any atom is -0.507 e. The quantitative estimate of drug-likeness (QED) is 0.524. The van der Waals surface area contributed by atoms with Gasteiger partial charge in [-0.25, -0.2) is 0 Å². The van der Waals surface area contributed by atoms with Gasteiger partial charge in [-0.1, -0.05) is 0 Å². The fraction of sp³-hybridized carbons (Fsp3) is 0.118. The van der Waals surface area contributed by atoms with Gasteiger partial charge in [0.25, 0.3) is 6.47 Å². The van der Waals surface area contributed by atoms with E-state index in [0.717, 1.165) is 22.3 Å². The van der Waals surface area contributed by atoms with Crippen molar-refractivity contribution in [3.05, 3.63) is 58.7 Å².